The zero-order valence-corrected chi connectivity index (χ0v) is 13.7. The predicted octanol–water partition coefficient (Wildman–Crippen LogP) is 3.87. The van der Waals surface area contributed by atoms with Crippen molar-refractivity contribution >= 4 is 21.8 Å². The van der Waals surface area contributed by atoms with E-state index in [1.165, 1.54) is 11.1 Å². The van der Waals surface area contributed by atoms with E-state index in [9.17, 15) is 4.79 Å². The molecule has 1 N–H and O–H groups in total. The standard InChI is InChI=1S/C17H18BrNO2/c1-12-9-13(2)11-14(10-12)21-8-7-19-17(20)15-5-3-4-6-16(15)18/h3-6,9-11H,7-8H2,1-2H3,(H,19,20). The monoisotopic (exact) mass is 347 g/mol. The number of halogens is 1. The maximum Gasteiger partial charge on any atom is 0.252 e. The van der Waals surface area contributed by atoms with Gasteiger partial charge in [0.1, 0.15) is 12.4 Å². The summed E-state index contributed by atoms with van der Waals surface area (Å²) in [4.78, 5) is 12.0. The van der Waals surface area contributed by atoms with Crippen LogP contribution in [0.3, 0.4) is 0 Å². The van der Waals surface area contributed by atoms with Gasteiger partial charge >= 0.3 is 0 Å². The van der Waals surface area contributed by atoms with Gasteiger partial charge in [0.2, 0.25) is 0 Å². The summed E-state index contributed by atoms with van der Waals surface area (Å²) in [5.41, 5.74) is 2.97. The molecule has 3 nitrogen and oxygen atoms in total. The summed E-state index contributed by atoms with van der Waals surface area (Å²) >= 11 is 3.37. The van der Waals surface area contributed by atoms with Crippen LogP contribution in [0.5, 0.6) is 5.75 Å². The molecule has 21 heavy (non-hydrogen) atoms. The van der Waals surface area contributed by atoms with E-state index in [4.69, 9.17) is 4.74 Å². The van der Waals surface area contributed by atoms with Gasteiger partial charge in [-0.05, 0) is 65.2 Å². The molecule has 0 spiro atoms. The molecule has 0 saturated carbocycles. The van der Waals surface area contributed by atoms with E-state index in [0.717, 1.165) is 10.2 Å². The lowest BCUT2D eigenvalue weighted by atomic mass is 10.1. The van der Waals surface area contributed by atoms with Crippen molar-refractivity contribution in [3.8, 4) is 5.75 Å². The fourth-order valence-corrected chi connectivity index (χ4v) is 2.56. The average molecular weight is 348 g/mol. The number of hydrogen-bond donors (Lipinski definition) is 1. The molecule has 2 rings (SSSR count). The molecule has 110 valence electrons. The van der Waals surface area contributed by atoms with Crippen molar-refractivity contribution in [2.75, 3.05) is 13.2 Å². The van der Waals surface area contributed by atoms with Gasteiger partial charge in [0.05, 0.1) is 12.1 Å². The number of aryl methyl sites for hydroxylation is 2. The summed E-state index contributed by atoms with van der Waals surface area (Å²) < 4.78 is 6.45. The Morgan fingerprint density at radius 2 is 1.81 bits per heavy atom. The van der Waals surface area contributed by atoms with Crippen molar-refractivity contribution in [2.45, 2.75) is 13.8 Å². The quantitative estimate of drug-likeness (QED) is 0.833. The summed E-state index contributed by atoms with van der Waals surface area (Å²) in [6, 6.07) is 13.4. The van der Waals surface area contributed by atoms with Gasteiger partial charge in [0.15, 0.2) is 0 Å². The molecule has 0 aliphatic carbocycles. The fourth-order valence-electron chi connectivity index (χ4n) is 2.09. The van der Waals surface area contributed by atoms with Gasteiger partial charge in [-0.3, -0.25) is 4.79 Å². The lowest BCUT2D eigenvalue weighted by Crippen LogP contribution is -2.28. The van der Waals surface area contributed by atoms with Gasteiger partial charge in [-0.1, -0.05) is 18.2 Å². The van der Waals surface area contributed by atoms with Crippen LogP contribution in [0, 0.1) is 13.8 Å². The van der Waals surface area contributed by atoms with Crippen molar-refractivity contribution in [1.29, 1.82) is 0 Å². The second-order valence-electron chi connectivity index (χ2n) is 4.91. The highest BCUT2D eigenvalue weighted by Gasteiger charge is 2.08. The van der Waals surface area contributed by atoms with E-state index in [2.05, 4.69) is 27.3 Å². The molecule has 1 amide bonds. The van der Waals surface area contributed by atoms with Crippen LogP contribution in [0.2, 0.25) is 0 Å². The van der Waals surface area contributed by atoms with Crippen molar-refractivity contribution < 1.29 is 9.53 Å². The molecule has 0 unspecified atom stereocenters. The number of carbonyl (C=O) groups excluding carboxylic acids is 1. The van der Waals surface area contributed by atoms with E-state index in [1.54, 1.807) is 6.07 Å². The summed E-state index contributed by atoms with van der Waals surface area (Å²) in [5.74, 6) is 0.731. The smallest absolute Gasteiger partial charge is 0.252 e. The molecule has 0 fully saturated rings. The third-order valence-corrected chi connectivity index (χ3v) is 3.66. The zero-order chi connectivity index (χ0) is 15.2. The minimum Gasteiger partial charge on any atom is -0.492 e. The molecule has 0 aliphatic heterocycles. The number of benzene rings is 2. The van der Waals surface area contributed by atoms with Crippen molar-refractivity contribution in [3.63, 3.8) is 0 Å². The van der Waals surface area contributed by atoms with Crippen LogP contribution in [-0.2, 0) is 0 Å². The Labute approximate surface area is 133 Å². The van der Waals surface area contributed by atoms with E-state index < -0.39 is 0 Å². The molecule has 0 atom stereocenters. The topological polar surface area (TPSA) is 38.3 Å². The summed E-state index contributed by atoms with van der Waals surface area (Å²) in [7, 11) is 0. The van der Waals surface area contributed by atoms with Gasteiger partial charge in [0.25, 0.3) is 5.91 Å². The third kappa shape index (κ3) is 4.60. The molecule has 2 aromatic carbocycles. The molecule has 0 bridgehead atoms. The van der Waals surface area contributed by atoms with Crippen LogP contribution >= 0.6 is 15.9 Å². The number of hydrogen-bond acceptors (Lipinski definition) is 2. The Kier molecular flexibility index (Phi) is 5.39. The molecule has 0 aromatic heterocycles. The molecule has 0 aliphatic rings. The first-order valence-corrected chi connectivity index (χ1v) is 7.59. The zero-order valence-electron chi connectivity index (χ0n) is 12.2. The molecular weight excluding hydrogens is 330 g/mol. The lowest BCUT2D eigenvalue weighted by molar-refractivity contribution is 0.0946. The minimum atomic E-state index is -0.105. The fraction of sp³-hybridized carbons (Fsp3) is 0.235. The predicted molar refractivity (Wildman–Crippen MR) is 87.9 cm³/mol. The number of amides is 1. The van der Waals surface area contributed by atoms with Gasteiger partial charge < -0.3 is 10.1 Å². The number of carbonyl (C=O) groups is 1. The largest absolute Gasteiger partial charge is 0.492 e. The summed E-state index contributed by atoms with van der Waals surface area (Å²) in [6.07, 6.45) is 0. The highest BCUT2D eigenvalue weighted by atomic mass is 79.9. The van der Waals surface area contributed by atoms with Crippen molar-refractivity contribution in [2.24, 2.45) is 0 Å². The molecule has 4 heteroatoms. The van der Waals surface area contributed by atoms with Gasteiger partial charge in [-0.25, -0.2) is 0 Å². The first-order chi connectivity index (χ1) is 10.1. The van der Waals surface area contributed by atoms with Crippen LogP contribution in [0.1, 0.15) is 21.5 Å². The molecular formula is C17H18BrNO2. The number of nitrogens with one attached hydrogen (secondary N) is 1. The highest BCUT2D eigenvalue weighted by Crippen LogP contribution is 2.16. The Hall–Kier alpha value is -1.81. The van der Waals surface area contributed by atoms with Crippen molar-refractivity contribution in [3.05, 3.63) is 63.6 Å². The molecule has 0 heterocycles. The van der Waals surface area contributed by atoms with E-state index in [1.807, 2.05) is 44.2 Å². The Bertz CT molecular complexity index is 620. The highest BCUT2D eigenvalue weighted by molar-refractivity contribution is 9.10. The number of rotatable bonds is 5. The van der Waals surface area contributed by atoms with Crippen LogP contribution in [0.25, 0.3) is 0 Å². The lowest BCUT2D eigenvalue weighted by Gasteiger charge is -2.10. The van der Waals surface area contributed by atoms with E-state index >= 15 is 0 Å². The van der Waals surface area contributed by atoms with Crippen LogP contribution < -0.4 is 10.1 Å². The average Bonchev–Trinajstić information content (AvgIpc) is 2.43. The van der Waals surface area contributed by atoms with Crippen molar-refractivity contribution in [1.82, 2.24) is 5.32 Å². The maximum absolute atomic E-state index is 12.0. The normalized spacial score (nSPS) is 10.2. The maximum atomic E-state index is 12.0. The van der Waals surface area contributed by atoms with Gasteiger partial charge in [0, 0.05) is 4.47 Å². The van der Waals surface area contributed by atoms with Gasteiger partial charge in [-0.15, -0.1) is 0 Å². The first kappa shape index (κ1) is 15.6. The van der Waals surface area contributed by atoms with Crippen LogP contribution in [-0.4, -0.2) is 19.1 Å². The SMILES string of the molecule is Cc1cc(C)cc(OCCNC(=O)c2ccccc2Br)c1. The second kappa shape index (κ2) is 7.27. The second-order valence-corrected chi connectivity index (χ2v) is 5.76. The van der Waals surface area contributed by atoms with Crippen LogP contribution in [0.4, 0.5) is 0 Å². The molecule has 2 aromatic rings. The Balaban J connectivity index is 1.82. The van der Waals surface area contributed by atoms with E-state index in [-0.39, 0.29) is 5.91 Å². The summed E-state index contributed by atoms with van der Waals surface area (Å²) in [5, 5.41) is 2.85. The first-order valence-electron chi connectivity index (χ1n) is 6.80. The minimum absolute atomic E-state index is 0.105. The van der Waals surface area contributed by atoms with E-state index in [0.29, 0.717) is 18.7 Å². The Morgan fingerprint density at radius 3 is 2.48 bits per heavy atom. The van der Waals surface area contributed by atoms with Gasteiger partial charge in [-0.2, -0.15) is 0 Å². The molecule has 0 saturated heterocycles. The number of ether oxygens (including phenoxy) is 1. The molecule has 0 radical (unpaired) electrons. The Morgan fingerprint density at radius 1 is 1.14 bits per heavy atom. The van der Waals surface area contributed by atoms with Crippen LogP contribution in [0.15, 0.2) is 46.9 Å². The summed E-state index contributed by atoms with van der Waals surface area (Å²) in [6.45, 7) is 4.98. The third-order valence-electron chi connectivity index (χ3n) is 2.97.